The number of hydrogen-bond donors (Lipinski definition) is 2. The van der Waals surface area contributed by atoms with Crippen molar-refractivity contribution >= 4 is 68.2 Å². The van der Waals surface area contributed by atoms with Gasteiger partial charge in [-0.25, -0.2) is 9.80 Å². The van der Waals surface area contributed by atoms with Gasteiger partial charge in [0, 0.05) is 59.9 Å². The van der Waals surface area contributed by atoms with Gasteiger partial charge in [-0.3, -0.25) is 9.80 Å². The highest BCUT2D eigenvalue weighted by Gasteiger charge is 2.37. The van der Waals surface area contributed by atoms with Gasteiger partial charge in [0.05, 0.1) is 0 Å². The van der Waals surface area contributed by atoms with Crippen molar-refractivity contribution in [1.82, 2.24) is 0 Å². The molecule has 0 unspecified atom stereocenters. The van der Waals surface area contributed by atoms with Crippen LogP contribution in [0.25, 0.3) is 0 Å². The monoisotopic (exact) mass is 704 g/mol. The first-order chi connectivity index (χ1) is 26.7. The Morgan fingerprint density at radius 1 is 0.352 bits per heavy atom. The van der Waals surface area contributed by atoms with Crippen molar-refractivity contribution in [3.63, 3.8) is 0 Å². The van der Waals surface area contributed by atoms with Crippen LogP contribution in [0.2, 0.25) is 0 Å². The minimum absolute atomic E-state index is 1.12. The topological polar surface area (TPSA) is 15.4 Å². The van der Waals surface area contributed by atoms with Gasteiger partial charge in [0.2, 0.25) is 0 Å². The van der Waals surface area contributed by atoms with Crippen LogP contribution in [0, 0.1) is 0 Å². The van der Waals surface area contributed by atoms with E-state index in [1.54, 1.807) is 0 Å². The van der Waals surface area contributed by atoms with Crippen LogP contribution in [0.15, 0.2) is 170 Å². The Labute approximate surface area is 320 Å². The van der Waals surface area contributed by atoms with Gasteiger partial charge in [-0.05, 0) is 85.3 Å². The van der Waals surface area contributed by atoms with Gasteiger partial charge in [-0.15, -0.1) is 0 Å². The van der Waals surface area contributed by atoms with Gasteiger partial charge < -0.3 is 0 Å². The van der Waals surface area contributed by atoms with Crippen LogP contribution < -0.4 is 19.6 Å². The van der Waals surface area contributed by atoms with Crippen molar-refractivity contribution in [2.75, 3.05) is 9.80 Å². The lowest BCUT2D eigenvalue weighted by Crippen LogP contribution is -2.98. The number of aryl methyl sites for hydroxylation is 2. The minimum atomic E-state index is 1.12. The zero-order valence-corrected chi connectivity index (χ0v) is 31.3. The van der Waals surface area contributed by atoms with Crippen molar-refractivity contribution in [1.29, 1.82) is 0 Å². The number of anilines is 6. The van der Waals surface area contributed by atoms with E-state index in [9.17, 15) is 0 Å². The number of nitrogens with zero attached hydrogens (tertiary/aromatic N) is 2. The highest BCUT2D eigenvalue weighted by Crippen LogP contribution is 2.47. The first kappa shape index (κ1) is 33.9. The number of nitrogens with one attached hydrogen (secondary N) is 2. The number of fused-ring (bicyclic) bond motifs is 4. The second-order valence-corrected chi connectivity index (χ2v) is 14.6. The molecule has 0 amide bonds. The molecule has 0 atom stereocenters. The first-order valence-electron chi connectivity index (χ1n) is 19.7. The van der Waals surface area contributed by atoms with Crippen LogP contribution in [0.3, 0.4) is 0 Å². The molecule has 0 aliphatic carbocycles. The maximum atomic E-state index is 2.43. The predicted octanol–water partition coefficient (Wildman–Crippen LogP) is 12.3. The highest BCUT2D eigenvalue weighted by molar-refractivity contribution is 5.91. The van der Waals surface area contributed by atoms with E-state index in [1.807, 2.05) is 0 Å². The Kier molecular flexibility index (Phi) is 9.30. The molecule has 7 aromatic carbocycles. The summed E-state index contributed by atoms with van der Waals surface area (Å²) < 4.78 is 0. The van der Waals surface area contributed by atoms with Crippen molar-refractivity contribution in [3.05, 3.63) is 181 Å². The van der Waals surface area contributed by atoms with Gasteiger partial charge in [0.25, 0.3) is 0 Å². The Morgan fingerprint density at radius 2 is 0.648 bits per heavy atom. The summed E-state index contributed by atoms with van der Waals surface area (Å²) in [6, 6.07) is 63.2. The van der Waals surface area contributed by atoms with E-state index < -0.39 is 0 Å². The van der Waals surface area contributed by atoms with Crippen molar-refractivity contribution in [2.45, 2.75) is 52.4 Å². The molecule has 266 valence electrons. The summed E-state index contributed by atoms with van der Waals surface area (Å²) in [4.78, 5) is 7.41. The van der Waals surface area contributed by atoms with Crippen LogP contribution in [0.5, 0.6) is 0 Å². The highest BCUT2D eigenvalue weighted by atomic mass is 15.3. The number of rotatable bonds is 10. The molecule has 0 aromatic heterocycles. The summed E-state index contributed by atoms with van der Waals surface area (Å²) in [5, 5.41) is 0. The average Bonchev–Trinajstić information content (AvgIpc) is 3.24. The molecule has 2 N–H and O–H groups in total. The SMILES string of the molecule is CCCCc1ccc(N2c3ccccc3[NH+](c3ccc([NH+]4c5ccccc5N(c5ccc(CCCC)cc5)c5ccccc54)cc3)c3ccccc32)cc1. The van der Waals surface area contributed by atoms with E-state index in [4.69, 9.17) is 0 Å². The Hall–Kier alpha value is -5.94. The van der Waals surface area contributed by atoms with E-state index in [1.165, 1.54) is 115 Å². The predicted molar refractivity (Wildman–Crippen MR) is 226 cm³/mol. The van der Waals surface area contributed by atoms with Crippen molar-refractivity contribution in [2.24, 2.45) is 0 Å². The summed E-state index contributed by atoms with van der Waals surface area (Å²) in [5.41, 5.74) is 17.4. The molecule has 7 aromatic rings. The summed E-state index contributed by atoms with van der Waals surface area (Å²) in [6.07, 6.45) is 7.10. The Balaban J connectivity index is 1.09. The summed E-state index contributed by atoms with van der Waals surface area (Å²) in [6.45, 7) is 4.51. The van der Waals surface area contributed by atoms with Crippen LogP contribution in [-0.2, 0) is 12.8 Å². The second kappa shape index (κ2) is 14.8. The zero-order valence-electron chi connectivity index (χ0n) is 31.3. The van der Waals surface area contributed by atoms with Crippen molar-refractivity contribution < 1.29 is 9.80 Å². The third kappa shape index (κ3) is 6.08. The van der Waals surface area contributed by atoms with Crippen LogP contribution in [0.4, 0.5) is 68.2 Å². The summed E-state index contributed by atoms with van der Waals surface area (Å²) in [7, 11) is 0. The number of para-hydroxylation sites is 8. The van der Waals surface area contributed by atoms with E-state index in [0.29, 0.717) is 0 Å². The van der Waals surface area contributed by atoms with Crippen LogP contribution >= 0.6 is 0 Å². The largest absolute Gasteiger partial charge is 0.300 e. The first-order valence-corrected chi connectivity index (χ1v) is 19.7. The molecule has 4 heteroatoms. The number of benzene rings is 7. The standard InChI is InChI=1S/C50H46N4/c1-3-5-15-37-25-29-39(30-26-37)51-43-17-7-11-21-47(43)53(48-22-12-8-18-44(48)51)41-33-35-42(36-34-41)54-49-23-13-9-19-45(49)52(46-20-10-14-24-50(46)54)40-31-27-38(28-32-40)16-6-4-2/h7-14,17-36H,3-6,15-16H2,1-2H3/p+2. The fraction of sp³-hybridized carbons (Fsp3) is 0.160. The molecule has 2 aliphatic heterocycles. The molecule has 0 saturated heterocycles. The lowest BCUT2D eigenvalue weighted by atomic mass is 10.0. The molecule has 0 spiro atoms. The Bertz CT molecular complexity index is 2120. The van der Waals surface area contributed by atoms with Gasteiger partial charge in [0.15, 0.2) is 22.7 Å². The summed E-state index contributed by atoms with van der Waals surface area (Å²) >= 11 is 0. The quantitative estimate of drug-likeness (QED) is 0.147. The Morgan fingerprint density at radius 3 is 0.944 bits per heavy atom. The van der Waals surface area contributed by atoms with Gasteiger partial charge in [-0.2, -0.15) is 0 Å². The summed E-state index contributed by atoms with van der Waals surface area (Å²) in [5.74, 6) is 0. The molecular formula is C50H48N4+2. The number of unbranched alkanes of at least 4 members (excludes halogenated alkanes) is 2. The second-order valence-electron chi connectivity index (χ2n) is 14.6. The maximum Gasteiger partial charge on any atom is 0.165 e. The van der Waals surface area contributed by atoms with Crippen molar-refractivity contribution in [3.8, 4) is 0 Å². The molecule has 4 nitrogen and oxygen atoms in total. The smallest absolute Gasteiger partial charge is 0.165 e. The van der Waals surface area contributed by atoms with Gasteiger partial charge >= 0.3 is 0 Å². The van der Waals surface area contributed by atoms with E-state index in [-0.39, 0.29) is 0 Å². The third-order valence-corrected chi connectivity index (χ3v) is 11.1. The van der Waals surface area contributed by atoms with Gasteiger partial charge in [-0.1, -0.05) is 99.5 Å². The lowest BCUT2D eigenvalue weighted by molar-refractivity contribution is -0.684. The van der Waals surface area contributed by atoms with E-state index in [2.05, 4.69) is 194 Å². The molecule has 0 bridgehead atoms. The molecule has 0 radical (unpaired) electrons. The number of hydrogen-bond acceptors (Lipinski definition) is 2. The minimum Gasteiger partial charge on any atom is -0.300 e. The normalized spacial score (nSPS) is 13.6. The zero-order chi connectivity index (χ0) is 36.4. The maximum absolute atomic E-state index is 2.43. The molecule has 54 heavy (non-hydrogen) atoms. The average molecular weight is 705 g/mol. The fourth-order valence-electron chi connectivity index (χ4n) is 8.44. The van der Waals surface area contributed by atoms with E-state index >= 15 is 0 Å². The number of quaternary nitrogens is 2. The van der Waals surface area contributed by atoms with Crippen LogP contribution in [0.1, 0.15) is 50.7 Å². The molecule has 2 aliphatic rings. The third-order valence-electron chi connectivity index (χ3n) is 11.1. The molecule has 0 fully saturated rings. The fourth-order valence-corrected chi connectivity index (χ4v) is 8.44. The molecule has 0 saturated carbocycles. The molecule has 9 rings (SSSR count). The lowest BCUT2D eigenvalue weighted by Gasteiger charge is -2.36. The molecular weight excluding hydrogens is 657 g/mol. The van der Waals surface area contributed by atoms with Crippen LogP contribution in [-0.4, -0.2) is 0 Å². The van der Waals surface area contributed by atoms with E-state index in [0.717, 1.165) is 12.8 Å². The van der Waals surface area contributed by atoms with Gasteiger partial charge in [0.1, 0.15) is 34.1 Å². The molecule has 2 heterocycles.